The van der Waals surface area contributed by atoms with E-state index in [9.17, 15) is 9.59 Å². The summed E-state index contributed by atoms with van der Waals surface area (Å²) < 4.78 is 5.55. The molecule has 2 aliphatic rings. The van der Waals surface area contributed by atoms with E-state index in [1.807, 2.05) is 23.1 Å². The van der Waals surface area contributed by atoms with Gasteiger partial charge < -0.3 is 15.0 Å². The van der Waals surface area contributed by atoms with Crippen molar-refractivity contribution >= 4 is 34.8 Å². The van der Waals surface area contributed by atoms with Crippen LogP contribution >= 0.6 is 22.9 Å². The van der Waals surface area contributed by atoms with Gasteiger partial charge in [-0.1, -0.05) is 23.7 Å². The number of halogens is 1. The molecule has 1 fully saturated rings. The van der Waals surface area contributed by atoms with Crippen LogP contribution in [0.25, 0.3) is 0 Å². The Hall–Kier alpha value is -1.89. The number of rotatable bonds is 6. The highest BCUT2D eigenvalue weighted by atomic mass is 35.5. The third kappa shape index (κ3) is 4.88. The van der Waals surface area contributed by atoms with Crippen molar-refractivity contribution in [3.05, 3.63) is 56.7 Å². The van der Waals surface area contributed by atoms with E-state index in [1.165, 1.54) is 10.4 Å². The van der Waals surface area contributed by atoms with Crippen molar-refractivity contribution in [3.63, 3.8) is 0 Å². The van der Waals surface area contributed by atoms with E-state index in [2.05, 4.69) is 22.8 Å². The molecule has 30 heavy (non-hydrogen) atoms. The van der Waals surface area contributed by atoms with Crippen LogP contribution in [0, 0.1) is 0 Å². The van der Waals surface area contributed by atoms with Crippen LogP contribution in [0.4, 0.5) is 0 Å². The van der Waals surface area contributed by atoms with Crippen molar-refractivity contribution in [2.24, 2.45) is 0 Å². The fourth-order valence-corrected chi connectivity index (χ4v) is 5.42. The lowest BCUT2D eigenvalue weighted by Gasteiger charge is -2.38. The van der Waals surface area contributed by atoms with Gasteiger partial charge in [-0.25, -0.2) is 0 Å². The summed E-state index contributed by atoms with van der Waals surface area (Å²) >= 11 is 7.97. The maximum Gasteiger partial charge on any atom is 0.223 e. The zero-order valence-electron chi connectivity index (χ0n) is 17.0. The summed E-state index contributed by atoms with van der Waals surface area (Å²) in [6, 6.07) is 9.96. The van der Waals surface area contributed by atoms with E-state index < -0.39 is 0 Å². The van der Waals surface area contributed by atoms with Gasteiger partial charge in [0.25, 0.3) is 0 Å². The molecule has 1 N–H and O–H groups in total. The summed E-state index contributed by atoms with van der Waals surface area (Å²) in [5.41, 5.74) is 2.20. The van der Waals surface area contributed by atoms with E-state index in [1.54, 1.807) is 11.3 Å². The smallest absolute Gasteiger partial charge is 0.223 e. The number of carbonyl (C=O) groups is 2. The van der Waals surface area contributed by atoms with Gasteiger partial charge in [0.1, 0.15) is 0 Å². The van der Waals surface area contributed by atoms with Crippen LogP contribution in [-0.2, 0) is 32.7 Å². The van der Waals surface area contributed by atoms with Gasteiger partial charge in [-0.2, -0.15) is 0 Å². The van der Waals surface area contributed by atoms with Crippen LogP contribution in [-0.4, -0.2) is 43.0 Å². The van der Waals surface area contributed by atoms with Crippen molar-refractivity contribution in [1.82, 2.24) is 10.2 Å². The Morgan fingerprint density at radius 2 is 2.03 bits per heavy atom. The minimum atomic E-state index is -0.176. The second-order valence-electron chi connectivity index (χ2n) is 8.11. The first kappa shape index (κ1) is 21.3. The summed E-state index contributed by atoms with van der Waals surface area (Å²) in [4.78, 5) is 28.4. The molecule has 0 spiro atoms. The van der Waals surface area contributed by atoms with Gasteiger partial charge in [-0.3, -0.25) is 9.59 Å². The van der Waals surface area contributed by atoms with Crippen LogP contribution in [0.2, 0.25) is 5.02 Å². The third-order valence-electron chi connectivity index (χ3n) is 6.24. The fourth-order valence-electron chi connectivity index (χ4n) is 4.34. The Morgan fingerprint density at radius 1 is 1.20 bits per heavy atom. The van der Waals surface area contributed by atoms with Gasteiger partial charge in [0, 0.05) is 61.0 Å². The molecule has 2 aliphatic heterocycles. The predicted molar refractivity (Wildman–Crippen MR) is 119 cm³/mol. The van der Waals surface area contributed by atoms with Gasteiger partial charge in [0.05, 0.1) is 0 Å². The minimum absolute atomic E-state index is 0.0534. The number of hydrogen-bond donors (Lipinski definition) is 1. The quantitative estimate of drug-likeness (QED) is 0.731. The summed E-state index contributed by atoms with van der Waals surface area (Å²) in [5, 5.41) is 5.86. The van der Waals surface area contributed by atoms with Crippen molar-refractivity contribution in [2.45, 2.75) is 44.1 Å². The first-order valence-corrected chi connectivity index (χ1v) is 11.7. The van der Waals surface area contributed by atoms with E-state index in [4.69, 9.17) is 16.3 Å². The zero-order chi connectivity index (χ0) is 21.0. The molecule has 160 valence electrons. The summed E-state index contributed by atoms with van der Waals surface area (Å²) in [6.07, 6.45) is 3.05. The number of amides is 2. The van der Waals surface area contributed by atoms with Crippen molar-refractivity contribution in [1.29, 1.82) is 0 Å². The van der Waals surface area contributed by atoms with E-state index in [-0.39, 0.29) is 30.1 Å². The molecule has 0 aliphatic carbocycles. The number of fused-ring (bicyclic) bond motifs is 1. The number of carbonyl (C=O) groups excluding carboxylic acids is 2. The van der Waals surface area contributed by atoms with E-state index in [0.717, 1.165) is 31.4 Å². The maximum absolute atomic E-state index is 12.6. The molecule has 2 amide bonds. The second kappa shape index (κ2) is 9.50. The van der Waals surface area contributed by atoms with Gasteiger partial charge in [0.2, 0.25) is 11.8 Å². The number of hydrogen-bond acceptors (Lipinski definition) is 4. The second-order valence-corrected chi connectivity index (χ2v) is 9.55. The van der Waals surface area contributed by atoms with Crippen molar-refractivity contribution in [3.8, 4) is 0 Å². The average Bonchev–Trinajstić information content (AvgIpc) is 3.24. The Balaban J connectivity index is 1.30. The third-order valence-corrected chi connectivity index (χ3v) is 7.50. The molecular formula is C23H27ClN2O3S. The highest BCUT2D eigenvalue weighted by molar-refractivity contribution is 7.10. The molecule has 3 heterocycles. The topological polar surface area (TPSA) is 58.6 Å². The highest BCUT2D eigenvalue weighted by Gasteiger charge is 2.35. The lowest BCUT2D eigenvalue weighted by atomic mass is 9.74. The molecule has 0 bridgehead atoms. The van der Waals surface area contributed by atoms with Crippen molar-refractivity contribution < 1.29 is 14.3 Å². The van der Waals surface area contributed by atoms with Gasteiger partial charge in [0.15, 0.2) is 0 Å². The van der Waals surface area contributed by atoms with Crippen LogP contribution in [0.1, 0.15) is 41.7 Å². The molecule has 0 atom stereocenters. The Bertz CT molecular complexity index is 907. The van der Waals surface area contributed by atoms with E-state index in [0.29, 0.717) is 31.3 Å². The molecule has 0 unspecified atom stereocenters. The Kier molecular flexibility index (Phi) is 6.76. The number of ether oxygens (including phenoxy) is 1. The number of nitrogens with zero attached hydrogens (tertiary/aromatic N) is 1. The SMILES string of the molecule is O=C(CCC(=O)N1CCc2sccc2C1)NCC1(c2cccc(Cl)c2)CCOCC1. The summed E-state index contributed by atoms with van der Waals surface area (Å²) in [5.74, 6) is -0.0258. The van der Waals surface area contributed by atoms with Gasteiger partial charge >= 0.3 is 0 Å². The van der Waals surface area contributed by atoms with Crippen LogP contribution < -0.4 is 5.32 Å². The van der Waals surface area contributed by atoms with Crippen LogP contribution in [0.3, 0.4) is 0 Å². The predicted octanol–water partition coefficient (Wildman–Crippen LogP) is 3.93. The molecule has 1 saturated heterocycles. The Morgan fingerprint density at radius 3 is 2.83 bits per heavy atom. The number of thiophene rings is 1. The number of benzene rings is 1. The minimum Gasteiger partial charge on any atom is -0.381 e. The molecule has 7 heteroatoms. The molecule has 2 aromatic rings. The Labute approximate surface area is 186 Å². The van der Waals surface area contributed by atoms with Crippen LogP contribution in [0.5, 0.6) is 0 Å². The van der Waals surface area contributed by atoms with Crippen molar-refractivity contribution in [2.75, 3.05) is 26.3 Å². The molecule has 0 saturated carbocycles. The fraction of sp³-hybridized carbons (Fsp3) is 0.478. The normalized spacial score (nSPS) is 18.0. The zero-order valence-corrected chi connectivity index (χ0v) is 18.6. The lowest BCUT2D eigenvalue weighted by Crippen LogP contribution is -2.44. The molecule has 5 nitrogen and oxygen atoms in total. The average molecular weight is 447 g/mol. The summed E-state index contributed by atoms with van der Waals surface area (Å²) in [7, 11) is 0. The number of nitrogens with one attached hydrogen (secondary N) is 1. The molecular weight excluding hydrogens is 420 g/mol. The standard InChI is InChI=1S/C23H27ClN2O3S/c24-19-3-1-2-18(14-19)23(8-11-29-12-9-23)16-25-21(27)4-5-22(28)26-10-6-20-17(15-26)7-13-30-20/h1-3,7,13-14H,4-6,8-12,15-16H2,(H,25,27). The monoisotopic (exact) mass is 446 g/mol. The molecule has 4 rings (SSSR count). The molecule has 1 aromatic carbocycles. The van der Waals surface area contributed by atoms with Crippen LogP contribution in [0.15, 0.2) is 35.7 Å². The summed E-state index contributed by atoms with van der Waals surface area (Å²) in [6.45, 7) is 3.27. The maximum atomic E-state index is 12.6. The highest BCUT2D eigenvalue weighted by Crippen LogP contribution is 2.35. The van der Waals surface area contributed by atoms with Gasteiger partial charge in [-0.05, 0) is 54.0 Å². The first-order valence-electron chi connectivity index (χ1n) is 10.5. The first-order chi connectivity index (χ1) is 14.6. The molecule has 0 radical (unpaired) electrons. The molecule has 1 aromatic heterocycles. The lowest BCUT2D eigenvalue weighted by molar-refractivity contribution is -0.134. The largest absolute Gasteiger partial charge is 0.381 e. The van der Waals surface area contributed by atoms with Gasteiger partial charge in [-0.15, -0.1) is 11.3 Å². The van der Waals surface area contributed by atoms with E-state index >= 15 is 0 Å².